The van der Waals surface area contributed by atoms with E-state index in [2.05, 4.69) is 15.3 Å². The van der Waals surface area contributed by atoms with E-state index in [4.69, 9.17) is 0 Å². The van der Waals surface area contributed by atoms with Crippen molar-refractivity contribution in [1.29, 1.82) is 0 Å². The van der Waals surface area contributed by atoms with E-state index >= 15 is 0 Å². The van der Waals surface area contributed by atoms with Crippen LogP contribution < -0.4 is 5.32 Å². The molecule has 1 amide bonds. The fourth-order valence-electron chi connectivity index (χ4n) is 2.41. The van der Waals surface area contributed by atoms with E-state index in [1.54, 1.807) is 0 Å². The van der Waals surface area contributed by atoms with Gasteiger partial charge in [-0.05, 0) is 19.8 Å². The van der Waals surface area contributed by atoms with E-state index in [0.717, 1.165) is 36.7 Å². The van der Waals surface area contributed by atoms with Crippen molar-refractivity contribution in [2.24, 2.45) is 0 Å². The lowest BCUT2D eigenvalue weighted by Crippen LogP contribution is -2.31. The molecule has 0 aliphatic carbocycles. The maximum atomic E-state index is 11.9. The molecule has 1 aromatic rings. The lowest BCUT2D eigenvalue weighted by Gasteiger charge is -2.23. The molecular weight excluding hydrogens is 228 g/mol. The lowest BCUT2D eigenvalue weighted by atomic mass is 10.2. The zero-order chi connectivity index (χ0) is 13.1. The van der Waals surface area contributed by atoms with E-state index in [1.807, 2.05) is 31.9 Å². The van der Waals surface area contributed by atoms with Gasteiger partial charge in [-0.3, -0.25) is 4.79 Å². The highest BCUT2D eigenvalue weighted by atomic mass is 16.2. The van der Waals surface area contributed by atoms with E-state index in [1.165, 1.54) is 0 Å². The second-order valence-electron chi connectivity index (χ2n) is 4.60. The Balaban J connectivity index is 2.29. The number of aryl methyl sites for hydroxylation is 1. The van der Waals surface area contributed by atoms with Gasteiger partial charge in [-0.2, -0.15) is 0 Å². The molecule has 1 aromatic heterocycles. The number of aromatic nitrogens is 2. The average Bonchev–Trinajstić information content (AvgIpc) is 2.86. The summed E-state index contributed by atoms with van der Waals surface area (Å²) in [6.07, 6.45) is 2.53. The molecule has 1 N–H and O–H groups in total. The first-order chi connectivity index (χ1) is 8.65. The van der Waals surface area contributed by atoms with E-state index in [9.17, 15) is 4.79 Å². The summed E-state index contributed by atoms with van der Waals surface area (Å²) in [5, 5.41) is 3.04. The Bertz CT molecular complexity index is 447. The zero-order valence-electron chi connectivity index (χ0n) is 11.2. The van der Waals surface area contributed by atoms with Gasteiger partial charge in [0.05, 0.1) is 6.04 Å². The fraction of sp³-hybridized carbons (Fsp3) is 0.615. The van der Waals surface area contributed by atoms with Crippen molar-refractivity contribution in [3.8, 4) is 0 Å². The number of amides is 1. The summed E-state index contributed by atoms with van der Waals surface area (Å²) in [6.45, 7) is 4.67. The normalized spacial score (nSPS) is 19.1. The molecule has 0 spiro atoms. The molecule has 0 saturated carbocycles. The van der Waals surface area contributed by atoms with Gasteiger partial charge < -0.3 is 10.2 Å². The molecule has 1 fully saturated rings. The SMILES string of the molecule is CCC(=O)N1CCCC1c1nc(C)cc(NC)n1. The van der Waals surface area contributed by atoms with Crippen molar-refractivity contribution in [3.63, 3.8) is 0 Å². The summed E-state index contributed by atoms with van der Waals surface area (Å²) in [5.41, 5.74) is 0.931. The van der Waals surface area contributed by atoms with E-state index < -0.39 is 0 Å². The molecule has 0 aromatic carbocycles. The van der Waals surface area contributed by atoms with Gasteiger partial charge >= 0.3 is 0 Å². The Morgan fingerprint density at radius 2 is 2.33 bits per heavy atom. The molecule has 0 radical (unpaired) electrons. The number of rotatable bonds is 3. The first kappa shape index (κ1) is 12.8. The number of hydrogen-bond acceptors (Lipinski definition) is 4. The van der Waals surface area contributed by atoms with Crippen LogP contribution in [0.1, 0.15) is 43.7 Å². The maximum absolute atomic E-state index is 11.9. The van der Waals surface area contributed by atoms with Crippen LogP contribution in [-0.4, -0.2) is 34.4 Å². The summed E-state index contributed by atoms with van der Waals surface area (Å²) < 4.78 is 0. The van der Waals surface area contributed by atoms with Crippen LogP contribution in [0, 0.1) is 6.92 Å². The molecular formula is C13H20N4O. The van der Waals surface area contributed by atoms with Gasteiger partial charge in [0.2, 0.25) is 5.91 Å². The highest BCUT2D eigenvalue weighted by Gasteiger charge is 2.31. The van der Waals surface area contributed by atoms with Gasteiger partial charge in [-0.1, -0.05) is 6.92 Å². The molecule has 0 bridgehead atoms. The van der Waals surface area contributed by atoms with Gasteiger partial charge in [-0.25, -0.2) is 9.97 Å². The van der Waals surface area contributed by atoms with Crippen LogP contribution in [0.2, 0.25) is 0 Å². The lowest BCUT2D eigenvalue weighted by molar-refractivity contribution is -0.131. The Hall–Kier alpha value is -1.65. The molecule has 1 aliphatic rings. The van der Waals surface area contributed by atoms with Crippen molar-refractivity contribution in [3.05, 3.63) is 17.6 Å². The topological polar surface area (TPSA) is 58.1 Å². The van der Waals surface area contributed by atoms with Crippen LogP contribution in [0.4, 0.5) is 5.82 Å². The third-order valence-electron chi connectivity index (χ3n) is 3.30. The number of anilines is 1. The number of likely N-dealkylation sites (tertiary alicyclic amines) is 1. The highest BCUT2D eigenvalue weighted by Crippen LogP contribution is 2.30. The third kappa shape index (κ3) is 2.44. The first-order valence-electron chi connectivity index (χ1n) is 6.48. The Morgan fingerprint density at radius 1 is 1.56 bits per heavy atom. The van der Waals surface area contributed by atoms with Crippen LogP contribution >= 0.6 is 0 Å². The predicted molar refractivity (Wildman–Crippen MR) is 70.3 cm³/mol. The van der Waals surface area contributed by atoms with Gasteiger partial charge in [0, 0.05) is 31.8 Å². The van der Waals surface area contributed by atoms with Crippen molar-refractivity contribution in [1.82, 2.24) is 14.9 Å². The molecule has 2 rings (SSSR count). The van der Waals surface area contributed by atoms with Gasteiger partial charge in [-0.15, -0.1) is 0 Å². The molecule has 1 saturated heterocycles. The van der Waals surface area contributed by atoms with Gasteiger partial charge in [0.15, 0.2) is 5.82 Å². The van der Waals surface area contributed by atoms with Crippen molar-refractivity contribution < 1.29 is 4.79 Å². The maximum Gasteiger partial charge on any atom is 0.222 e. The Labute approximate surface area is 108 Å². The van der Waals surface area contributed by atoms with Gasteiger partial charge in [0.25, 0.3) is 0 Å². The Morgan fingerprint density at radius 3 is 3.00 bits per heavy atom. The predicted octanol–water partition coefficient (Wildman–Crippen LogP) is 1.90. The minimum absolute atomic E-state index is 0.0458. The van der Waals surface area contributed by atoms with E-state index in [0.29, 0.717) is 6.42 Å². The van der Waals surface area contributed by atoms with Crippen molar-refractivity contribution in [2.75, 3.05) is 18.9 Å². The summed E-state index contributed by atoms with van der Waals surface area (Å²) in [5.74, 6) is 1.76. The fourth-order valence-corrected chi connectivity index (χ4v) is 2.41. The number of carbonyl (C=O) groups excluding carboxylic acids is 1. The molecule has 18 heavy (non-hydrogen) atoms. The van der Waals surface area contributed by atoms with Crippen molar-refractivity contribution >= 4 is 11.7 Å². The quantitative estimate of drug-likeness (QED) is 0.887. The number of hydrogen-bond donors (Lipinski definition) is 1. The highest BCUT2D eigenvalue weighted by molar-refractivity contribution is 5.76. The first-order valence-corrected chi connectivity index (χ1v) is 6.48. The smallest absolute Gasteiger partial charge is 0.222 e. The number of nitrogens with one attached hydrogen (secondary N) is 1. The summed E-state index contributed by atoms with van der Waals surface area (Å²) in [6, 6.07) is 1.95. The minimum Gasteiger partial charge on any atom is -0.373 e. The second kappa shape index (κ2) is 5.33. The summed E-state index contributed by atoms with van der Waals surface area (Å²) >= 11 is 0. The summed E-state index contributed by atoms with van der Waals surface area (Å²) in [4.78, 5) is 22.8. The third-order valence-corrected chi connectivity index (χ3v) is 3.30. The molecule has 1 atom stereocenters. The second-order valence-corrected chi connectivity index (χ2v) is 4.60. The van der Waals surface area contributed by atoms with Crippen LogP contribution in [0.5, 0.6) is 0 Å². The molecule has 1 aliphatic heterocycles. The minimum atomic E-state index is 0.0458. The molecule has 1 unspecified atom stereocenters. The number of carbonyl (C=O) groups is 1. The number of nitrogens with zero attached hydrogens (tertiary/aromatic N) is 3. The molecule has 2 heterocycles. The largest absolute Gasteiger partial charge is 0.373 e. The van der Waals surface area contributed by atoms with E-state index in [-0.39, 0.29) is 11.9 Å². The van der Waals surface area contributed by atoms with Crippen LogP contribution in [0.15, 0.2) is 6.07 Å². The Kier molecular flexibility index (Phi) is 3.79. The molecule has 5 nitrogen and oxygen atoms in total. The molecule has 98 valence electrons. The van der Waals surface area contributed by atoms with Crippen LogP contribution in [0.25, 0.3) is 0 Å². The van der Waals surface area contributed by atoms with Gasteiger partial charge in [0.1, 0.15) is 5.82 Å². The molecule has 5 heteroatoms. The monoisotopic (exact) mass is 248 g/mol. The van der Waals surface area contributed by atoms with Crippen LogP contribution in [0.3, 0.4) is 0 Å². The zero-order valence-corrected chi connectivity index (χ0v) is 11.2. The van der Waals surface area contributed by atoms with Crippen molar-refractivity contribution in [2.45, 2.75) is 39.2 Å². The van der Waals surface area contributed by atoms with Crippen LogP contribution in [-0.2, 0) is 4.79 Å². The average molecular weight is 248 g/mol. The standard InChI is InChI=1S/C13H20N4O/c1-4-12(18)17-7-5-6-10(17)13-15-9(2)8-11(14-3)16-13/h8,10H,4-7H2,1-3H3,(H,14,15,16). The summed E-state index contributed by atoms with van der Waals surface area (Å²) in [7, 11) is 1.84.